The Hall–Kier alpha value is -2.86. The van der Waals surface area contributed by atoms with Crippen LogP contribution < -0.4 is 14.4 Å². The van der Waals surface area contributed by atoms with Gasteiger partial charge in [0.25, 0.3) is 5.91 Å². The summed E-state index contributed by atoms with van der Waals surface area (Å²) >= 11 is 0. The first-order valence-corrected chi connectivity index (χ1v) is 10.5. The van der Waals surface area contributed by atoms with Crippen molar-refractivity contribution in [2.24, 2.45) is 0 Å². The second kappa shape index (κ2) is 8.48. The van der Waals surface area contributed by atoms with Crippen LogP contribution in [-0.4, -0.2) is 55.0 Å². The highest BCUT2D eigenvalue weighted by molar-refractivity contribution is 6.00. The third-order valence-corrected chi connectivity index (χ3v) is 5.71. The maximum atomic E-state index is 12.6. The zero-order chi connectivity index (χ0) is 21.1. The number of rotatable bonds is 5. The topological polar surface area (TPSA) is 60.3 Å². The van der Waals surface area contributed by atoms with Gasteiger partial charge in [-0.3, -0.25) is 9.59 Å². The van der Waals surface area contributed by atoms with E-state index in [0.717, 1.165) is 32.7 Å². The Morgan fingerprint density at radius 3 is 2.60 bits per heavy atom. The number of hydrogen-bond donors (Lipinski definition) is 1. The number of quaternary nitrogens is 1. The molecule has 1 amide bonds. The zero-order valence-corrected chi connectivity index (χ0v) is 17.6. The number of ether oxygens (including phenoxy) is 2. The van der Waals surface area contributed by atoms with Gasteiger partial charge in [0.2, 0.25) is 0 Å². The van der Waals surface area contributed by atoms with Crippen molar-refractivity contribution >= 4 is 11.7 Å². The zero-order valence-electron chi connectivity index (χ0n) is 17.6. The summed E-state index contributed by atoms with van der Waals surface area (Å²) in [6.07, 6.45) is 0.331. The Labute approximate surface area is 177 Å². The molecule has 2 aliphatic heterocycles. The molecule has 1 saturated heterocycles. The van der Waals surface area contributed by atoms with Gasteiger partial charge in [-0.2, -0.15) is 0 Å². The normalized spacial score (nSPS) is 18.5. The number of carbonyl (C=O) groups is 2. The molecule has 2 aliphatic rings. The maximum Gasteiger partial charge on any atom is 0.260 e. The first kappa shape index (κ1) is 20.4. The van der Waals surface area contributed by atoms with Crippen LogP contribution in [0.1, 0.15) is 36.2 Å². The van der Waals surface area contributed by atoms with Crippen molar-refractivity contribution in [2.45, 2.75) is 32.4 Å². The number of nitrogens with one attached hydrogen (secondary N) is 1. The molecule has 4 rings (SSSR count). The van der Waals surface area contributed by atoms with Gasteiger partial charge in [-0.1, -0.05) is 30.3 Å². The van der Waals surface area contributed by atoms with Gasteiger partial charge in [0.05, 0.1) is 38.2 Å². The number of benzene rings is 2. The van der Waals surface area contributed by atoms with Gasteiger partial charge in [-0.15, -0.1) is 0 Å². The predicted octanol–water partition coefficient (Wildman–Crippen LogP) is 1.74. The quantitative estimate of drug-likeness (QED) is 0.817. The summed E-state index contributed by atoms with van der Waals surface area (Å²) in [4.78, 5) is 28.3. The van der Waals surface area contributed by atoms with Crippen molar-refractivity contribution in [3.63, 3.8) is 0 Å². The summed E-state index contributed by atoms with van der Waals surface area (Å²) in [7, 11) is 0. The van der Waals surface area contributed by atoms with Gasteiger partial charge in [0.15, 0.2) is 12.4 Å². The Balaban J connectivity index is 1.27. The van der Waals surface area contributed by atoms with E-state index in [1.165, 1.54) is 10.5 Å². The third-order valence-electron chi connectivity index (χ3n) is 5.71. The summed E-state index contributed by atoms with van der Waals surface area (Å²) in [5, 5.41) is 0. The van der Waals surface area contributed by atoms with E-state index in [4.69, 9.17) is 9.47 Å². The Bertz CT molecular complexity index is 918. The lowest BCUT2D eigenvalue weighted by molar-refractivity contribution is -0.917. The van der Waals surface area contributed by atoms with Crippen LogP contribution in [0.5, 0.6) is 11.5 Å². The lowest BCUT2D eigenvalue weighted by Crippen LogP contribution is -3.13. The van der Waals surface area contributed by atoms with Crippen LogP contribution in [0.4, 0.5) is 0 Å². The maximum absolute atomic E-state index is 12.6. The Morgan fingerprint density at radius 1 is 1.13 bits per heavy atom. The molecule has 0 atom stereocenters. The van der Waals surface area contributed by atoms with Gasteiger partial charge < -0.3 is 19.3 Å². The van der Waals surface area contributed by atoms with E-state index in [1.807, 2.05) is 24.8 Å². The monoisotopic (exact) mass is 409 g/mol. The molecule has 1 fully saturated rings. The van der Waals surface area contributed by atoms with Crippen LogP contribution in [0.2, 0.25) is 0 Å². The lowest BCUT2D eigenvalue weighted by Gasteiger charge is -2.32. The molecule has 0 spiro atoms. The molecular weight excluding hydrogens is 380 g/mol. The summed E-state index contributed by atoms with van der Waals surface area (Å²) in [5.74, 6) is 1.12. The molecule has 0 bridgehead atoms. The number of nitrogens with zero attached hydrogens (tertiary/aromatic N) is 1. The lowest BCUT2D eigenvalue weighted by atomic mass is 9.93. The molecule has 2 aromatic carbocycles. The molecule has 6 nitrogen and oxygen atoms in total. The van der Waals surface area contributed by atoms with Crippen molar-refractivity contribution in [2.75, 3.05) is 32.8 Å². The molecule has 0 radical (unpaired) electrons. The molecule has 6 heteroatoms. The highest BCUT2D eigenvalue weighted by Gasteiger charge is 2.32. The van der Waals surface area contributed by atoms with E-state index in [9.17, 15) is 9.59 Å². The molecule has 0 unspecified atom stereocenters. The van der Waals surface area contributed by atoms with Crippen molar-refractivity contribution in [3.05, 3.63) is 59.7 Å². The van der Waals surface area contributed by atoms with E-state index in [2.05, 4.69) is 24.3 Å². The molecule has 0 saturated carbocycles. The highest BCUT2D eigenvalue weighted by atomic mass is 16.5. The van der Waals surface area contributed by atoms with E-state index >= 15 is 0 Å². The number of piperazine rings is 1. The van der Waals surface area contributed by atoms with E-state index < -0.39 is 5.60 Å². The first-order chi connectivity index (χ1) is 14.4. The second-order valence-corrected chi connectivity index (χ2v) is 8.70. The summed E-state index contributed by atoms with van der Waals surface area (Å²) in [6.45, 7) is 8.10. The molecule has 30 heavy (non-hydrogen) atoms. The fourth-order valence-corrected chi connectivity index (χ4v) is 4.09. The fraction of sp³-hybridized carbons (Fsp3) is 0.417. The molecule has 0 aromatic heterocycles. The number of fused-ring (bicyclic) bond motifs is 1. The average Bonchev–Trinajstić information content (AvgIpc) is 2.73. The van der Waals surface area contributed by atoms with E-state index in [1.54, 1.807) is 18.2 Å². The molecular formula is C24H29N2O4+. The van der Waals surface area contributed by atoms with Crippen LogP contribution in [-0.2, 0) is 11.3 Å². The summed E-state index contributed by atoms with van der Waals surface area (Å²) in [5.41, 5.74) is 1.36. The number of amides is 1. The number of ketones is 1. The molecule has 0 aliphatic carbocycles. The van der Waals surface area contributed by atoms with E-state index in [0.29, 0.717) is 23.5 Å². The second-order valence-electron chi connectivity index (χ2n) is 8.70. The average molecular weight is 410 g/mol. The smallest absolute Gasteiger partial charge is 0.260 e. The largest absolute Gasteiger partial charge is 0.487 e. The Morgan fingerprint density at radius 2 is 1.87 bits per heavy atom. The fourth-order valence-electron chi connectivity index (χ4n) is 4.09. The minimum Gasteiger partial charge on any atom is -0.487 e. The van der Waals surface area contributed by atoms with Crippen LogP contribution in [0, 0.1) is 0 Å². The van der Waals surface area contributed by atoms with Crippen LogP contribution in [0.25, 0.3) is 0 Å². The highest BCUT2D eigenvalue weighted by Crippen LogP contribution is 2.35. The first-order valence-electron chi connectivity index (χ1n) is 10.5. The minimum atomic E-state index is -0.493. The summed E-state index contributed by atoms with van der Waals surface area (Å²) < 4.78 is 11.6. The number of Topliss-reactive ketones (excluding diaryl/α,β-unsaturated/α-hetero) is 1. The minimum absolute atomic E-state index is 0.0183. The van der Waals surface area contributed by atoms with Gasteiger partial charge in [-0.25, -0.2) is 0 Å². The van der Waals surface area contributed by atoms with E-state index in [-0.39, 0.29) is 18.3 Å². The predicted molar refractivity (Wildman–Crippen MR) is 113 cm³/mol. The Kier molecular flexibility index (Phi) is 5.77. The molecule has 2 heterocycles. The van der Waals surface area contributed by atoms with Crippen molar-refractivity contribution in [1.29, 1.82) is 0 Å². The van der Waals surface area contributed by atoms with Crippen molar-refractivity contribution < 1.29 is 24.0 Å². The third kappa shape index (κ3) is 4.82. The molecule has 1 N–H and O–H groups in total. The molecule has 158 valence electrons. The van der Waals surface area contributed by atoms with Gasteiger partial charge in [0.1, 0.15) is 23.6 Å². The number of hydrogen-bond acceptors (Lipinski definition) is 4. The number of carbonyl (C=O) groups excluding carboxylic acids is 2. The standard InChI is InChI=1S/C24H28N2O4/c1-24(2)15-21(27)20-14-19(8-9-22(20)30-24)29-17-23(28)26-12-10-25(11-13-26)16-18-6-4-3-5-7-18/h3-9,14H,10-13,15-17H2,1-2H3/p+1. The molecule has 2 aromatic rings. The van der Waals surface area contributed by atoms with Crippen LogP contribution >= 0.6 is 0 Å². The van der Waals surface area contributed by atoms with Crippen LogP contribution in [0.3, 0.4) is 0 Å². The van der Waals surface area contributed by atoms with Crippen molar-refractivity contribution in [1.82, 2.24) is 4.90 Å². The van der Waals surface area contributed by atoms with Gasteiger partial charge >= 0.3 is 0 Å². The SMILES string of the molecule is CC1(C)CC(=O)c2cc(OCC(=O)N3CC[NH+](Cc4ccccc4)CC3)ccc2O1. The van der Waals surface area contributed by atoms with Crippen molar-refractivity contribution in [3.8, 4) is 11.5 Å². The van der Waals surface area contributed by atoms with Gasteiger partial charge in [0, 0.05) is 5.56 Å². The van der Waals surface area contributed by atoms with Crippen LogP contribution in [0.15, 0.2) is 48.5 Å². The van der Waals surface area contributed by atoms with Gasteiger partial charge in [-0.05, 0) is 32.0 Å². The summed E-state index contributed by atoms with van der Waals surface area (Å²) in [6, 6.07) is 15.6.